The lowest BCUT2D eigenvalue weighted by atomic mass is 9.97. The summed E-state index contributed by atoms with van der Waals surface area (Å²) in [5, 5.41) is 11.5. The fourth-order valence-corrected chi connectivity index (χ4v) is 3.14. The molecule has 1 rings (SSSR count). The molecule has 0 spiro atoms. The van der Waals surface area contributed by atoms with Gasteiger partial charge >= 0.3 is 0 Å². The van der Waals surface area contributed by atoms with Crippen molar-refractivity contribution in [1.82, 2.24) is 21.3 Å². The number of rotatable bonds is 10. The maximum Gasteiger partial charge on any atom is 0.243 e. The number of hydrogen-bond donors (Lipinski definition) is 5. The Kier molecular flexibility index (Phi) is 9.55. The first kappa shape index (κ1) is 24.9. The summed E-state index contributed by atoms with van der Waals surface area (Å²) in [7, 11) is 0. The molecule has 4 atom stereocenters. The van der Waals surface area contributed by atoms with Gasteiger partial charge in [-0.1, -0.05) is 20.3 Å². The molecule has 29 heavy (non-hydrogen) atoms. The first-order valence-electron chi connectivity index (χ1n) is 10.4. The quantitative estimate of drug-likeness (QED) is 0.342. The van der Waals surface area contributed by atoms with Crippen molar-refractivity contribution in [2.75, 3.05) is 6.54 Å². The van der Waals surface area contributed by atoms with E-state index in [1.54, 1.807) is 0 Å². The smallest absolute Gasteiger partial charge is 0.243 e. The number of nitrogens with two attached hydrogens (primary N) is 1. The Morgan fingerprint density at radius 2 is 1.79 bits per heavy atom. The molecule has 0 aromatic carbocycles. The molecule has 9 nitrogen and oxygen atoms in total. The molecule has 1 aliphatic rings. The lowest BCUT2D eigenvalue weighted by Gasteiger charge is -2.29. The zero-order chi connectivity index (χ0) is 22.2. The molecule has 1 heterocycles. The number of carbonyl (C=O) groups excluding carboxylic acids is 4. The standard InChI is InChI=1S/C20H37N5O4/c1-6-12(2)16(24-17(27)13-8-7-11-22-13)19(29)23-14(9-10-15(21)26)18(28)25-20(3,4)5/h12-14,16,22H,6-11H2,1-5H3,(H2,21,26)(H,23,29)(H,24,27)(H,25,28)/t12-,13-,14-,16-/m0/s1. The second-order valence-corrected chi connectivity index (χ2v) is 8.83. The summed E-state index contributed by atoms with van der Waals surface area (Å²) in [5.74, 6) is -1.71. The Bertz CT molecular complexity index is 596. The molecule has 0 radical (unpaired) electrons. The van der Waals surface area contributed by atoms with Crippen LogP contribution in [0.25, 0.3) is 0 Å². The van der Waals surface area contributed by atoms with Crippen molar-refractivity contribution in [2.45, 2.75) is 90.4 Å². The molecule has 0 aromatic heterocycles. The maximum atomic E-state index is 13.0. The lowest BCUT2D eigenvalue weighted by Crippen LogP contribution is -2.58. The maximum absolute atomic E-state index is 13.0. The van der Waals surface area contributed by atoms with Gasteiger partial charge in [0.25, 0.3) is 0 Å². The molecule has 0 bridgehead atoms. The van der Waals surface area contributed by atoms with Crippen LogP contribution in [0.15, 0.2) is 0 Å². The van der Waals surface area contributed by atoms with Crippen LogP contribution in [0, 0.1) is 5.92 Å². The number of amides is 4. The predicted octanol–water partition coefficient (Wildman–Crippen LogP) is -0.0657. The van der Waals surface area contributed by atoms with Crippen LogP contribution in [-0.2, 0) is 19.2 Å². The summed E-state index contributed by atoms with van der Waals surface area (Å²) in [6.07, 6.45) is 2.39. The highest BCUT2D eigenvalue weighted by Gasteiger charge is 2.33. The third-order valence-corrected chi connectivity index (χ3v) is 4.98. The van der Waals surface area contributed by atoms with Gasteiger partial charge in [0.05, 0.1) is 6.04 Å². The van der Waals surface area contributed by atoms with Crippen molar-refractivity contribution in [3.05, 3.63) is 0 Å². The topological polar surface area (TPSA) is 142 Å². The first-order chi connectivity index (χ1) is 13.4. The van der Waals surface area contributed by atoms with E-state index in [0.29, 0.717) is 6.42 Å². The summed E-state index contributed by atoms with van der Waals surface area (Å²) in [6, 6.07) is -1.99. The second-order valence-electron chi connectivity index (χ2n) is 8.83. The predicted molar refractivity (Wildman–Crippen MR) is 111 cm³/mol. The van der Waals surface area contributed by atoms with Crippen LogP contribution in [0.5, 0.6) is 0 Å². The molecule has 0 saturated carbocycles. The van der Waals surface area contributed by atoms with Crippen molar-refractivity contribution >= 4 is 23.6 Å². The molecule has 0 aromatic rings. The van der Waals surface area contributed by atoms with Crippen LogP contribution >= 0.6 is 0 Å². The van der Waals surface area contributed by atoms with Crippen molar-refractivity contribution < 1.29 is 19.2 Å². The van der Waals surface area contributed by atoms with Crippen LogP contribution < -0.4 is 27.0 Å². The van der Waals surface area contributed by atoms with Crippen molar-refractivity contribution in [3.63, 3.8) is 0 Å². The highest BCUT2D eigenvalue weighted by molar-refractivity contribution is 5.93. The fourth-order valence-electron chi connectivity index (χ4n) is 3.14. The van der Waals surface area contributed by atoms with E-state index in [4.69, 9.17) is 5.73 Å². The van der Waals surface area contributed by atoms with Crippen LogP contribution in [-0.4, -0.2) is 53.8 Å². The van der Waals surface area contributed by atoms with Crippen molar-refractivity contribution in [2.24, 2.45) is 11.7 Å². The van der Waals surface area contributed by atoms with Crippen LogP contribution in [0.1, 0.15) is 66.7 Å². The Hall–Kier alpha value is -2.16. The van der Waals surface area contributed by atoms with Gasteiger partial charge in [0.15, 0.2) is 0 Å². The monoisotopic (exact) mass is 411 g/mol. The van der Waals surface area contributed by atoms with E-state index in [1.165, 1.54) is 0 Å². The van der Waals surface area contributed by atoms with Crippen LogP contribution in [0.2, 0.25) is 0 Å². The third-order valence-electron chi connectivity index (χ3n) is 4.98. The van der Waals surface area contributed by atoms with Gasteiger partial charge in [-0.15, -0.1) is 0 Å². The van der Waals surface area contributed by atoms with Gasteiger partial charge in [-0.3, -0.25) is 19.2 Å². The minimum atomic E-state index is -0.915. The molecule has 0 unspecified atom stereocenters. The zero-order valence-corrected chi connectivity index (χ0v) is 18.3. The minimum absolute atomic E-state index is 0.0329. The normalized spacial score (nSPS) is 19.7. The number of primary amides is 1. The molecular weight excluding hydrogens is 374 g/mol. The molecule has 1 saturated heterocycles. The van der Waals surface area contributed by atoms with Gasteiger partial charge in [0.1, 0.15) is 12.1 Å². The Labute approximate surface area is 173 Å². The number of nitrogens with one attached hydrogen (secondary N) is 4. The van der Waals surface area contributed by atoms with E-state index in [0.717, 1.165) is 19.4 Å². The molecule has 0 aliphatic carbocycles. The molecule has 1 fully saturated rings. The summed E-state index contributed by atoms with van der Waals surface area (Å²) in [6.45, 7) is 10.1. The van der Waals surface area contributed by atoms with Gasteiger partial charge in [0, 0.05) is 12.0 Å². The molecular formula is C20H37N5O4. The number of carbonyl (C=O) groups is 4. The summed E-state index contributed by atoms with van der Waals surface area (Å²) >= 11 is 0. The Morgan fingerprint density at radius 3 is 2.28 bits per heavy atom. The van der Waals surface area contributed by atoms with Crippen molar-refractivity contribution in [3.8, 4) is 0 Å². The fraction of sp³-hybridized carbons (Fsp3) is 0.800. The first-order valence-corrected chi connectivity index (χ1v) is 10.4. The largest absolute Gasteiger partial charge is 0.370 e. The highest BCUT2D eigenvalue weighted by Crippen LogP contribution is 2.12. The lowest BCUT2D eigenvalue weighted by molar-refractivity contribution is -0.134. The van der Waals surface area contributed by atoms with E-state index in [1.807, 2.05) is 34.6 Å². The van der Waals surface area contributed by atoms with E-state index >= 15 is 0 Å². The average Bonchev–Trinajstić information content (AvgIpc) is 3.15. The summed E-state index contributed by atoms with van der Waals surface area (Å²) in [4.78, 5) is 49.3. The second kappa shape index (κ2) is 11.1. The third kappa shape index (κ3) is 8.81. The molecule has 166 valence electrons. The minimum Gasteiger partial charge on any atom is -0.370 e. The SMILES string of the molecule is CC[C@H](C)[C@H](NC(=O)[C@@H]1CCCN1)C(=O)N[C@@H](CCC(N)=O)C(=O)NC(C)(C)C. The molecule has 6 N–H and O–H groups in total. The number of hydrogen-bond acceptors (Lipinski definition) is 5. The zero-order valence-electron chi connectivity index (χ0n) is 18.3. The van der Waals surface area contributed by atoms with Crippen LogP contribution in [0.4, 0.5) is 0 Å². The van der Waals surface area contributed by atoms with Crippen molar-refractivity contribution in [1.29, 1.82) is 0 Å². The van der Waals surface area contributed by atoms with Gasteiger partial charge < -0.3 is 27.0 Å². The Balaban J connectivity index is 2.89. The van der Waals surface area contributed by atoms with E-state index < -0.39 is 35.3 Å². The average molecular weight is 412 g/mol. The summed E-state index contributed by atoms with van der Waals surface area (Å²) < 4.78 is 0. The van der Waals surface area contributed by atoms with Gasteiger partial charge in [0.2, 0.25) is 23.6 Å². The van der Waals surface area contributed by atoms with E-state index in [2.05, 4.69) is 21.3 Å². The molecule has 1 aliphatic heterocycles. The highest BCUT2D eigenvalue weighted by atomic mass is 16.2. The van der Waals surface area contributed by atoms with Gasteiger partial charge in [-0.05, 0) is 52.5 Å². The van der Waals surface area contributed by atoms with Gasteiger partial charge in [-0.2, -0.15) is 0 Å². The van der Waals surface area contributed by atoms with E-state index in [-0.39, 0.29) is 30.7 Å². The van der Waals surface area contributed by atoms with Crippen LogP contribution in [0.3, 0.4) is 0 Å². The Morgan fingerprint density at radius 1 is 1.14 bits per heavy atom. The molecule has 9 heteroatoms. The van der Waals surface area contributed by atoms with E-state index in [9.17, 15) is 19.2 Å². The summed E-state index contributed by atoms with van der Waals surface area (Å²) in [5.41, 5.74) is 4.72. The molecule has 4 amide bonds. The van der Waals surface area contributed by atoms with Gasteiger partial charge in [-0.25, -0.2) is 0 Å².